The van der Waals surface area contributed by atoms with Gasteiger partial charge in [0.05, 0.1) is 5.75 Å². The maximum atomic E-state index is 12.9. The predicted molar refractivity (Wildman–Crippen MR) is 149 cm³/mol. The number of anilines is 1. The van der Waals surface area contributed by atoms with Gasteiger partial charge in [-0.2, -0.15) is 0 Å². The third-order valence-electron chi connectivity index (χ3n) is 7.11. The Morgan fingerprint density at radius 2 is 1.89 bits per heavy atom. The molecule has 2 aliphatic heterocycles. The molecule has 1 N–H and O–H groups in total. The Morgan fingerprint density at radius 1 is 1.08 bits per heavy atom. The van der Waals surface area contributed by atoms with E-state index in [9.17, 15) is 9.59 Å². The number of aromatic nitrogens is 2. The van der Waals surface area contributed by atoms with E-state index >= 15 is 0 Å². The number of thioether (sulfide) groups is 1. The van der Waals surface area contributed by atoms with E-state index in [0.717, 1.165) is 25.3 Å². The monoisotopic (exact) mass is 544 g/mol. The molecule has 2 saturated heterocycles. The Morgan fingerprint density at radius 3 is 2.65 bits per heavy atom. The van der Waals surface area contributed by atoms with Crippen LogP contribution in [0, 0.1) is 0 Å². The van der Waals surface area contributed by atoms with Crippen LogP contribution in [0.3, 0.4) is 0 Å². The number of nitrogens with one attached hydrogen (secondary N) is 1. The molecule has 0 aliphatic carbocycles. The average Bonchev–Trinajstić information content (AvgIpc) is 2.90. The number of hydrogen-bond acceptors (Lipinski definition) is 7. The predicted octanol–water partition coefficient (Wildman–Crippen LogP) is 3.95. The molecule has 3 heterocycles. The van der Waals surface area contributed by atoms with Crippen LogP contribution in [-0.2, 0) is 4.79 Å². The minimum absolute atomic E-state index is 0.0185. The first-order valence-electron chi connectivity index (χ1n) is 13.2. The van der Waals surface area contributed by atoms with Gasteiger partial charge in [-0.3, -0.25) is 9.59 Å². The van der Waals surface area contributed by atoms with Crippen LogP contribution in [0.2, 0.25) is 5.15 Å². The highest BCUT2D eigenvalue weighted by molar-refractivity contribution is 7.99. The topological polar surface area (TPSA) is 81.7 Å². The Kier molecular flexibility index (Phi) is 10.1. The number of carbonyl (C=O) groups excluding carboxylic acids is 2. The lowest BCUT2D eigenvalue weighted by molar-refractivity contribution is -0.118. The van der Waals surface area contributed by atoms with E-state index in [1.165, 1.54) is 31.0 Å². The number of rotatable bonds is 9. The molecule has 2 aliphatic rings. The zero-order valence-corrected chi connectivity index (χ0v) is 23.3. The van der Waals surface area contributed by atoms with Crippen molar-refractivity contribution < 1.29 is 9.59 Å². The lowest BCUT2D eigenvalue weighted by Crippen LogP contribution is -2.54. The summed E-state index contributed by atoms with van der Waals surface area (Å²) in [6.07, 6.45) is 4.82. The van der Waals surface area contributed by atoms with E-state index in [1.807, 2.05) is 42.2 Å². The summed E-state index contributed by atoms with van der Waals surface area (Å²) >= 11 is 7.60. The van der Waals surface area contributed by atoms with Gasteiger partial charge in [0.2, 0.25) is 5.91 Å². The highest BCUT2D eigenvalue weighted by Crippen LogP contribution is 2.24. The number of carbonyl (C=O) groups is 2. The molecular weight excluding hydrogens is 508 g/mol. The molecule has 10 heteroatoms. The van der Waals surface area contributed by atoms with Crippen LogP contribution in [-0.4, -0.2) is 88.7 Å². The lowest BCUT2D eigenvalue weighted by Gasteiger charge is -2.40. The first kappa shape index (κ1) is 27.7. The smallest absolute Gasteiger partial charge is 0.254 e. The molecule has 4 rings (SSSR count). The maximum Gasteiger partial charge on any atom is 0.254 e. The van der Waals surface area contributed by atoms with Crippen molar-refractivity contribution in [3.05, 3.63) is 47.1 Å². The first-order chi connectivity index (χ1) is 17.9. The number of halogens is 1. The van der Waals surface area contributed by atoms with Gasteiger partial charge in [0.15, 0.2) is 5.16 Å². The van der Waals surface area contributed by atoms with E-state index in [1.54, 1.807) is 6.07 Å². The van der Waals surface area contributed by atoms with Crippen LogP contribution in [0.4, 0.5) is 5.82 Å². The largest absolute Gasteiger partial charge is 0.355 e. The second kappa shape index (κ2) is 13.4. The molecule has 2 atom stereocenters. The minimum atomic E-state index is -0.0246. The summed E-state index contributed by atoms with van der Waals surface area (Å²) in [6.45, 7) is 9.09. The Labute approximate surface area is 229 Å². The standard InChI is InChI=1S/C27H37ClN6O2S/c1-20-9-6-7-13-32(20)14-8-12-29-25(35)19-37-27-30-23(28)17-24(31-27)33-15-16-34(21(2)18-33)26(36)22-10-4-3-5-11-22/h3-5,10-11,17,20-21H,6-9,12-16,18-19H2,1-2H3,(H,29,35). The Balaban J connectivity index is 1.24. The van der Waals surface area contributed by atoms with Gasteiger partial charge in [-0.1, -0.05) is 48.0 Å². The van der Waals surface area contributed by atoms with Crippen molar-refractivity contribution >= 4 is 41.0 Å². The fourth-order valence-corrected chi connectivity index (χ4v) is 5.92. The van der Waals surface area contributed by atoms with E-state index in [4.69, 9.17) is 11.6 Å². The van der Waals surface area contributed by atoms with Crippen molar-refractivity contribution in [3.8, 4) is 0 Å². The van der Waals surface area contributed by atoms with Gasteiger partial charge >= 0.3 is 0 Å². The molecule has 2 fully saturated rings. The third kappa shape index (κ3) is 7.82. The van der Waals surface area contributed by atoms with Crippen molar-refractivity contribution in [1.82, 2.24) is 25.1 Å². The number of benzene rings is 1. The molecular formula is C27H37ClN6O2S. The highest BCUT2D eigenvalue weighted by atomic mass is 35.5. The van der Waals surface area contributed by atoms with E-state index < -0.39 is 0 Å². The lowest BCUT2D eigenvalue weighted by atomic mass is 10.0. The van der Waals surface area contributed by atoms with Crippen molar-refractivity contribution in [1.29, 1.82) is 0 Å². The van der Waals surface area contributed by atoms with E-state index in [0.29, 0.717) is 48.1 Å². The van der Waals surface area contributed by atoms with Crippen molar-refractivity contribution in [3.63, 3.8) is 0 Å². The quantitative estimate of drug-likeness (QED) is 0.221. The molecule has 0 saturated carbocycles. The molecule has 8 nitrogen and oxygen atoms in total. The van der Waals surface area contributed by atoms with Crippen LogP contribution in [0.5, 0.6) is 0 Å². The number of amides is 2. The second-order valence-corrected chi connectivity index (χ2v) is 11.2. The molecule has 37 heavy (non-hydrogen) atoms. The third-order valence-corrected chi connectivity index (χ3v) is 8.15. The van der Waals surface area contributed by atoms with E-state index in [2.05, 4.69) is 32.0 Å². The molecule has 2 unspecified atom stereocenters. The molecule has 200 valence electrons. The van der Waals surface area contributed by atoms with Gasteiger partial charge < -0.3 is 20.0 Å². The number of likely N-dealkylation sites (tertiary alicyclic amines) is 1. The summed E-state index contributed by atoms with van der Waals surface area (Å²) in [5.74, 6) is 0.984. The second-order valence-electron chi connectivity index (χ2n) is 9.86. The molecule has 2 aromatic rings. The Hall–Kier alpha value is -2.36. The van der Waals surface area contributed by atoms with Crippen molar-refractivity contribution in [2.24, 2.45) is 0 Å². The summed E-state index contributed by atoms with van der Waals surface area (Å²) in [4.78, 5) is 40.8. The highest BCUT2D eigenvalue weighted by Gasteiger charge is 2.29. The van der Waals surface area contributed by atoms with Gasteiger partial charge in [-0.15, -0.1) is 0 Å². The molecule has 0 radical (unpaired) electrons. The van der Waals surface area contributed by atoms with Gasteiger partial charge in [-0.05, 0) is 51.8 Å². The van der Waals surface area contributed by atoms with Gasteiger partial charge in [0.25, 0.3) is 5.91 Å². The Bertz CT molecular complexity index is 1060. The summed E-state index contributed by atoms with van der Waals surface area (Å²) in [7, 11) is 0. The van der Waals surface area contributed by atoms with E-state index in [-0.39, 0.29) is 23.6 Å². The van der Waals surface area contributed by atoms with Gasteiger partial charge in [0.1, 0.15) is 11.0 Å². The summed E-state index contributed by atoms with van der Waals surface area (Å²) < 4.78 is 0. The summed E-state index contributed by atoms with van der Waals surface area (Å²) in [5.41, 5.74) is 0.700. The normalized spacial score (nSPS) is 20.6. The van der Waals surface area contributed by atoms with Crippen molar-refractivity contribution in [2.45, 2.75) is 56.8 Å². The number of piperidine rings is 1. The molecule has 1 aromatic carbocycles. The number of piperazine rings is 1. The molecule has 0 spiro atoms. The summed E-state index contributed by atoms with van der Waals surface area (Å²) in [6, 6.07) is 11.8. The fraction of sp³-hybridized carbons (Fsp3) is 0.556. The van der Waals surface area contributed by atoms with Gasteiger partial charge in [-0.25, -0.2) is 9.97 Å². The van der Waals surface area contributed by atoms with Crippen LogP contribution < -0.4 is 10.2 Å². The average molecular weight is 545 g/mol. The SMILES string of the molecule is CC1CCCCN1CCCNC(=O)CSc1nc(Cl)cc(N2CCN(C(=O)c3ccccc3)C(C)C2)n1. The zero-order chi connectivity index (χ0) is 26.2. The zero-order valence-electron chi connectivity index (χ0n) is 21.7. The number of hydrogen-bond donors (Lipinski definition) is 1. The van der Waals surface area contributed by atoms with Crippen LogP contribution in [0.15, 0.2) is 41.6 Å². The number of nitrogens with zero attached hydrogens (tertiary/aromatic N) is 5. The summed E-state index contributed by atoms with van der Waals surface area (Å²) in [5, 5.41) is 3.84. The van der Waals surface area contributed by atoms with Crippen molar-refractivity contribution in [2.75, 3.05) is 49.9 Å². The minimum Gasteiger partial charge on any atom is -0.355 e. The molecule has 0 bridgehead atoms. The van der Waals surface area contributed by atoms with Crippen LogP contribution in [0.25, 0.3) is 0 Å². The van der Waals surface area contributed by atoms with Gasteiger partial charge in [0, 0.05) is 56.4 Å². The van der Waals surface area contributed by atoms with Crippen LogP contribution in [0.1, 0.15) is 49.9 Å². The molecule has 1 aromatic heterocycles. The fourth-order valence-electron chi connectivity index (χ4n) is 5.01. The van der Waals surface area contributed by atoms with Crippen LogP contribution >= 0.6 is 23.4 Å². The first-order valence-corrected chi connectivity index (χ1v) is 14.6. The molecule has 2 amide bonds. The maximum absolute atomic E-state index is 12.9.